The topological polar surface area (TPSA) is 146 Å². The molecule has 0 fully saturated rings. The highest BCUT2D eigenvalue weighted by molar-refractivity contribution is 6.00. The number of imidazole rings is 1. The maximum atomic E-state index is 13.9. The van der Waals surface area contributed by atoms with E-state index in [1.165, 1.54) is 24.3 Å². The minimum absolute atomic E-state index is 0.154. The number of ether oxygens (including phenoxy) is 2. The molecule has 5 N–H and O–H groups in total. The highest BCUT2D eigenvalue weighted by Crippen LogP contribution is 2.32. The number of carbonyl (C=O) groups excluding carboxylic acids is 3. The lowest BCUT2D eigenvalue weighted by atomic mass is 10.2. The van der Waals surface area contributed by atoms with E-state index in [-0.39, 0.29) is 18.2 Å². The van der Waals surface area contributed by atoms with Gasteiger partial charge < -0.3 is 30.4 Å². The van der Waals surface area contributed by atoms with Crippen LogP contribution >= 0.6 is 0 Å². The van der Waals surface area contributed by atoms with E-state index in [4.69, 9.17) is 9.47 Å². The van der Waals surface area contributed by atoms with Crippen LogP contribution in [0.15, 0.2) is 60.7 Å². The molecule has 0 aliphatic carbocycles. The second-order valence-electron chi connectivity index (χ2n) is 10.1. The Bertz CT molecular complexity index is 1650. The molecule has 0 unspecified atom stereocenters. The lowest BCUT2D eigenvalue weighted by Gasteiger charge is -2.19. The number of amides is 4. The molecule has 0 saturated carbocycles. The molecule has 4 amide bonds. The van der Waals surface area contributed by atoms with E-state index >= 15 is 0 Å². The molecule has 4 aromatic rings. The third-order valence-corrected chi connectivity index (χ3v) is 5.39. The first-order valence-electron chi connectivity index (χ1n) is 12.6. The number of nitrogens with one attached hydrogen (secondary N) is 5. The quantitative estimate of drug-likeness (QED) is 0.150. The molecule has 0 atom stereocenters. The van der Waals surface area contributed by atoms with Gasteiger partial charge in [0.2, 0.25) is 11.9 Å². The summed E-state index contributed by atoms with van der Waals surface area (Å²) >= 11 is 0. The van der Waals surface area contributed by atoms with Crippen molar-refractivity contribution in [3.8, 4) is 11.5 Å². The van der Waals surface area contributed by atoms with Gasteiger partial charge in [0.1, 0.15) is 29.5 Å². The summed E-state index contributed by atoms with van der Waals surface area (Å²) in [6, 6.07) is 11.7. The molecule has 0 bridgehead atoms. The summed E-state index contributed by atoms with van der Waals surface area (Å²) < 4.78 is 63.5. The molecule has 0 radical (unpaired) electrons. The van der Waals surface area contributed by atoms with Crippen molar-refractivity contribution in [1.82, 2.24) is 15.3 Å². The first kappa shape index (κ1) is 30.6. The van der Waals surface area contributed by atoms with Gasteiger partial charge in [0.25, 0.3) is 0 Å². The molecule has 1 aromatic heterocycles. The Kier molecular flexibility index (Phi) is 8.73. The Morgan fingerprint density at radius 1 is 0.884 bits per heavy atom. The number of nitrogens with zero attached hydrogens (tertiary/aromatic N) is 1. The zero-order valence-electron chi connectivity index (χ0n) is 23.0. The minimum atomic E-state index is -4.70. The van der Waals surface area contributed by atoms with Gasteiger partial charge in [-0.2, -0.15) is 13.2 Å². The minimum Gasteiger partial charge on any atom is -0.457 e. The van der Waals surface area contributed by atoms with Crippen molar-refractivity contribution in [3.05, 3.63) is 72.0 Å². The van der Waals surface area contributed by atoms with Gasteiger partial charge in [-0.3, -0.25) is 10.1 Å². The predicted octanol–water partition coefficient (Wildman–Crippen LogP) is 6.62. The monoisotopic (exact) mass is 602 g/mol. The number of urea groups is 1. The second-order valence-corrected chi connectivity index (χ2v) is 10.1. The average molecular weight is 603 g/mol. The van der Waals surface area contributed by atoms with Gasteiger partial charge in [-0.1, -0.05) is 0 Å². The number of hydrogen-bond acceptors (Lipinski definition) is 6. The normalized spacial score (nSPS) is 11.5. The lowest BCUT2D eigenvalue weighted by Crippen LogP contribution is -2.37. The first-order chi connectivity index (χ1) is 20.1. The first-order valence-corrected chi connectivity index (χ1v) is 12.6. The van der Waals surface area contributed by atoms with Gasteiger partial charge >= 0.3 is 18.3 Å². The van der Waals surface area contributed by atoms with Crippen molar-refractivity contribution >= 4 is 46.4 Å². The van der Waals surface area contributed by atoms with Crippen LogP contribution in [0.2, 0.25) is 0 Å². The van der Waals surface area contributed by atoms with E-state index in [1.807, 2.05) is 0 Å². The molecular formula is C28H26F4N6O5. The Balaban J connectivity index is 1.32. The summed E-state index contributed by atoms with van der Waals surface area (Å²) in [5.41, 5.74) is -1.08. The number of alkyl carbamates (subject to hydrolysis) is 1. The molecule has 15 heteroatoms. The van der Waals surface area contributed by atoms with Gasteiger partial charge in [0.15, 0.2) is 0 Å². The maximum absolute atomic E-state index is 13.9. The van der Waals surface area contributed by atoms with Crippen LogP contribution in [0.5, 0.6) is 11.5 Å². The van der Waals surface area contributed by atoms with Crippen LogP contribution in [-0.2, 0) is 15.7 Å². The van der Waals surface area contributed by atoms with E-state index < -0.39 is 46.9 Å². The Morgan fingerprint density at radius 2 is 1.58 bits per heavy atom. The number of carbonyl (C=O) groups is 3. The molecule has 0 spiro atoms. The third kappa shape index (κ3) is 8.82. The van der Waals surface area contributed by atoms with Crippen molar-refractivity contribution in [3.63, 3.8) is 0 Å². The number of hydrogen-bond donors (Lipinski definition) is 5. The summed E-state index contributed by atoms with van der Waals surface area (Å²) in [6.45, 7) is 4.78. The number of anilines is 3. The van der Waals surface area contributed by atoms with E-state index in [0.717, 1.165) is 0 Å². The van der Waals surface area contributed by atoms with Gasteiger partial charge in [-0.25, -0.2) is 19.0 Å². The zero-order valence-corrected chi connectivity index (χ0v) is 23.0. The molecule has 11 nitrogen and oxygen atoms in total. The smallest absolute Gasteiger partial charge is 0.416 e. The van der Waals surface area contributed by atoms with Gasteiger partial charge in [-0.05, 0) is 75.4 Å². The van der Waals surface area contributed by atoms with Crippen LogP contribution in [0.3, 0.4) is 0 Å². The largest absolute Gasteiger partial charge is 0.457 e. The molecular weight excluding hydrogens is 576 g/mol. The molecule has 43 heavy (non-hydrogen) atoms. The molecule has 226 valence electrons. The van der Waals surface area contributed by atoms with Gasteiger partial charge in [0.05, 0.1) is 22.3 Å². The number of rotatable bonds is 7. The standard InChI is InChI=1S/C28H26F4N6O5/c1-27(2,3)43-26(41)33-14-23(39)38-24-35-20-11-9-18(13-22(20)36-24)42-17-7-5-16(6-8-17)34-25(40)37-21-12-15(28(30,31)32)4-10-19(21)29/h4-13H,14H2,1-3H3,(H,33,41)(H2,34,37,40)(H2,35,36,38,39). The highest BCUT2D eigenvalue weighted by atomic mass is 19.4. The van der Waals surface area contributed by atoms with Crippen molar-refractivity contribution in [2.45, 2.75) is 32.5 Å². The molecule has 0 saturated heterocycles. The number of H-pyrrole nitrogens is 1. The van der Waals surface area contributed by atoms with Crippen LogP contribution in [0, 0.1) is 5.82 Å². The fourth-order valence-electron chi connectivity index (χ4n) is 3.58. The number of alkyl halides is 3. The second kappa shape index (κ2) is 12.3. The molecule has 3 aromatic carbocycles. The van der Waals surface area contributed by atoms with Crippen molar-refractivity contribution in [2.24, 2.45) is 0 Å². The zero-order chi connectivity index (χ0) is 31.4. The van der Waals surface area contributed by atoms with E-state index in [1.54, 1.807) is 39.0 Å². The number of halogens is 4. The van der Waals surface area contributed by atoms with Crippen molar-refractivity contribution < 1.29 is 41.4 Å². The van der Waals surface area contributed by atoms with Crippen LogP contribution < -0.4 is 26.0 Å². The Labute approximate surface area is 242 Å². The summed E-state index contributed by atoms with van der Waals surface area (Å²) in [5.74, 6) is -0.607. The maximum Gasteiger partial charge on any atom is 0.416 e. The lowest BCUT2D eigenvalue weighted by molar-refractivity contribution is -0.137. The summed E-state index contributed by atoms with van der Waals surface area (Å²) in [7, 11) is 0. The highest BCUT2D eigenvalue weighted by Gasteiger charge is 2.31. The number of benzene rings is 3. The Hall–Kier alpha value is -5.34. The summed E-state index contributed by atoms with van der Waals surface area (Å²) in [4.78, 5) is 43.3. The van der Waals surface area contributed by atoms with Crippen LogP contribution in [-0.4, -0.2) is 40.1 Å². The fourth-order valence-corrected chi connectivity index (χ4v) is 3.58. The molecule has 0 aliphatic heterocycles. The predicted molar refractivity (Wildman–Crippen MR) is 150 cm³/mol. The molecule has 4 rings (SSSR count). The fraction of sp³-hybridized carbons (Fsp3) is 0.214. The summed E-state index contributed by atoms with van der Waals surface area (Å²) in [6.07, 6.45) is -5.43. The van der Waals surface area contributed by atoms with E-state index in [0.29, 0.717) is 40.7 Å². The third-order valence-electron chi connectivity index (χ3n) is 5.39. The summed E-state index contributed by atoms with van der Waals surface area (Å²) in [5, 5.41) is 9.35. The molecule has 1 heterocycles. The SMILES string of the molecule is CC(C)(C)OC(=O)NCC(=O)Nc1nc2cc(Oc3ccc(NC(=O)Nc4cc(C(F)(F)F)ccc4F)cc3)ccc2[nH]1. The van der Waals surface area contributed by atoms with E-state index in [2.05, 4.69) is 31.2 Å². The number of aromatic amines is 1. The average Bonchev–Trinajstić information content (AvgIpc) is 3.29. The van der Waals surface area contributed by atoms with E-state index in [9.17, 15) is 31.9 Å². The molecule has 0 aliphatic rings. The van der Waals surface area contributed by atoms with Crippen molar-refractivity contribution in [2.75, 3.05) is 22.5 Å². The number of aromatic nitrogens is 2. The van der Waals surface area contributed by atoms with Crippen LogP contribution in [0.25, 0.3) is 11.0 Å². The van der Waals surface area contributed by atoms with Crippen LogP contribution in [0.1, 0.15) is 26.3 Å². The van der Waals surface area contributed by atoms with Crippen molar-refractivity contribution in [1.29, 1.82) is 0 Å². The Morgan fingerprint density at radius 3 is 2.26 bits per heavy atom. The van der Waals surface area contributed by atoms with Gasteiger partial charge in [0, 0.05) is 11.8 Å². The number of fused-ring (bicyclic) bond motifs is 1. The van der Waals surface area contributed by atoms with Crippen LogP contribution in [0.4, 0.5) is 44.5 Å². The van der Waals surface area contributed by atoms with Gasteiger partial charge in [-0.15, -0.1) is 0 Å².